The van der Waals surface area contributed by atoms with Gasteiger partial charge >= 0.3 is 6.09 Å². The van der Waals surface area contributed by atoms with Gasteiger partial charge in [-0.05, 0) is 6.42 Å². The van der Waals surface area contributed by atoms with Crippen LogP contribution in [-0.4, -0.2) is 43.9 Å². The standard InChI is InChI=1S/C6H8ClNO4S/c7-13(10,11)5-1-2-8-4(5)3-12-6(8)9/h4-5H,1-3H2. The average molecular weight is 226 g/mol. The summed E-state index contributed by atoms with van der Waals surface area (Å²) in [6.45, 7) is 0.551. The van der Waals surface area contributed by atoms with Crippen molar-refractivity contribution < 1.29 is 17.9 Å². The molecule has 2 rings (SSSR count). The highest BCUT2D eigenvalue weighted by Gasteiger charge is 2.48. The van der Waals surface area contributed by atoms with Crippen LogP contribution in [0.25, 0.3) is 0 Å². The van der Waals surface area contributed by atoms with E-state index < -0.39 is 20.4 Å². The first-order valence-electron chi connectivity index (χ1n) is 3.87. The molecule has 0 aliphatic carbocycles. The Morgan fingerprint density at radius 3 is 2.85 bits per heavy atom. The minimum Gasteiger partial charge on any atom is -0.447 e. The lowest BCUT2D eigenvalue weighted by Gasteiger charge is -2.13. The highest BCUT2D eigenvalue weighted by Crippen LogP contribution is 2.30. The van der Waals surface area contributed by atoms with Crippen LogP contribution in [0.2, 0.25) is 0 Å². The number of fused-ring (bicyclic) bond motifs is 1. The van der Waals surface area contributed by atoms with Crippen molar-refractivity contribution in [2.45, 2.75) is 17.7 Å². The maximum absolute atomic E-state index is 11.1. The van der Waals surface area contributed by atoms with Gasteiger partial charge in [0, 0.05) is 17.2 Å². The Labute approximate surface area is 80.0 Å². The van der Waals surface area contributed by atoms with Gasteiger partial charge in [-0.1, -0.05) is 0 Å². The van der Waals surface area contributed by atoms with Crippen LogP contribution >= 0.6 is 10.7 Å². The quantitative estimate of drug-likeness (QED) is 0.596. The summed E-state index contributed by atoms with van der Waals surface area (Å²) in [5.41, 5.74) is 0. The number of nitrogens with zero attached hydrogens (tertiary/aromatic N) is 1. The number of carbonyl (C=O) groups is 1. The molecule has 2 unspecified atom stereocenters. The molecule has 0 saturated carbocycles. The Morgan fingerprint density at radius 2 is 2.23 bits per heavy atom. The van der Waals surface area contributed by atoms with Gasteiger partial charge < -0.3 is 9.64 Å². The van der Waals surface area contributed by atoms with Crippen LogP contribution in [-0.2, 0) is 13.8 Å². The van der Waals surface area contributed by atoms with Gasteiger partial charge in [0.2, 0.25) is 9.05 Å². The summed E-state index contributed by atoms with van der Waals surface area (Å²) in [6.07, 6.45) is -0.0289. The summed E-state index contributed by atoms with van der Waals surface area (Å²) in [6, 6.07) is -0.380. The maximum Gasteiger partial charge on any atom is 0.410 e. The van der Waals surface area contributed by atoms with Crippen LogP contribution in [0.1, 0.15) is 6.42 Å². The molecule has 2 saturated heterocycles. The van der Waals surface area contributed by atoms with Gasteiger partial charge in [0.05, 0.1) is 6.04 Å². The zero-order chi connectivity index (χ0) is 9.64. The van der Waals surface area contributed by atoms with E-state index in [2.05, 4.69) is 0 Å². The van der Waals surface area contributed by atoms with Crippen LogP contribution in [0, 0.1) is 0 Å². The lowest BCUT2D eigenvalue weighted by atomic mass is 10.2. The van der Waals surface area contributed by atoms with Gasteiger partial charge in [-0.15, -0.1) is 0 Å². The van der Waals surface area contributed by atoms with Gasteiger partial charge in [-0.2, -0.15) is 0 Å². The molecule has 0 aromatic heterocycles. The molecule has 2 heterocycles. The molecule has 5 nitrogen and oxygen atoms in total. The Morgan fingerprint density at radius 1 is 1.54 bits per heavy atom. The third-order valence-corrected chi connectivity index (χ3v) is 4.42. The number of amides is 1. The van der Waals surface area contributed by atoms with Crippen LogP contribution in [0.3, 0.4) is 0 Å². The number of halogens is 1. The first kappa shape index (κ1) is 9.08. The van der Waals surface area contributed by atoms with Crippen molar-refractivity contribution in [3.8, 4) is 0 Å². The third-order valence-electron chi connectivity index (χ3n) is 2.46. The fourth-order valence-corrected chi connectivity index (χ4v) is 3.43. The number of hydrogen-bond acceptors (Lipinski definition) is 4. The highest BCUT2D eigenvalue weighted by molar-refractivity contribution is 8.14. The van der Waals surface area contributed by atoms with E-state index in [1.54, 1.807) is 0 Å². The van der Waals surface area contributed by atoms with Crippen molar-refractivity contribution in [2.24, 2.45) is 0 Å². The predicted octanol–water partition coefficient (Wildman–Crippen LogP) is 0.148. The molecule has 0 aromatic rings. The fourth-order valence-electron chi connectivity index (χ4n) is 1.82. The number of cyclic esters (lactones) is 1. The molecule has 1 amide bonds. The minimum atomic E-state index is -3.58. The summed E-state index contributed by atoms with van der Waals surface area (Å²) < 4.78 is 26.8. The van der Waals surface area contributed by atoms with Crippen LogP contribution < -0.4 is 0 Å². The molecule has 0 aromatic carbocycles. The van der Waals surface area contributed by atoms with Crippen molar-refractivity contribution in [3.63, 3.8) is 0 Å². The molecular weight excluding hydrogens is 218 g/mol. The van der Waals surface area contributed by atoms with Crippen LogP contribution in [0.4, 0.5) is 4.79 Å². The van der Waals surface area contributed by atoms with E-state index in [0.717, 1.165) is 0 Å². The number of carbonyl (C=O) groups excluding carboxylic acids is 1. The molecule has 2 atom stereocenters. The molecule has 2 aliphatic heterocycles. The fraction of sp³-hybridized carbons (Fsp3) is 0.833. The highest BCUT2D eigenvalue weighted by atomic mass is 35.7. The Balaban J connectivity index is 2.25. The Kier molecular flexibility index (Phi) is 1.92. The second-order valence-electron chi connectivity index (χ2n) is 3.14. The van der Waals surface area contributed by atoms with Crippen molar-refractivity contribution in [2.75, 3.05) is 13.2 Å². The monoisotopic (exact) mass is 225 g/mol. The topological polar surface area (TPSA) is 63.7 Å². The lowest BCUT2D eigenvalue weighted by molar-refractivity contribution is 0.159. The van der Waals surface area contributed by atoms with Crippen molar-refractivity contribution >= 4 is 25.8 Å². The molecule has 2 aliphatic rings. The molecule has 0 bridgehead atoms. The Bertz CT molecular complexity index is 341. The summed E-state index contributed by atoms with van der Waals surface area (Å²) >= 11 is 0. The molecule has 13 heavy (non-hydrogen) atoms. The molecular formula is C6H8ClNO4S. The summed E-state index contributed by atoms with van der Waals surface area (Å²) in [5, 5.41) is -0.666. The largest absolute Gasteiger partial charge is 0.447 e. The predicted molar refractivity (Wildman–Crippen MR) is 45.0 cm³/mol. The first-order valence-corrected chi connectivity index (χ1v) is 6.24. The van der Waals surface area contributed by atoms with E-state index in [0.29, 0.717) is 13.0 Å². The summed E-state index contributed by atoms with van der Waals surface area (Å²) in [5.74, 6) is 0. The smallest absolute Gasteiger partial charge is 0.410 e. The van der Waals surface area contributed by atoms with Crippen molar-refractivity contribution in [1.82, 2.24) is 4.90 Å². The lowest BCUT2D eigenvalue weighted by Crippen LogP contribution is -2.35. The van der Waals surface area contributed by atoms with E-state index >= 15 is 0 Å². The van der Waals surface area contributed by atoms with E-state index in [-0.39, 0.29) is 12.6 Å². The minimum absolute atomic E-state index is 0.134. The van der Waals surface area contributed by atoms with E-state index in [1.165, 1.54) is 4.90 Å². The second kappa shape index (κ2) is 2.75. The maximum atomic E-state index is 11.1. The average Bonchev–Trinajstić information content (AvgIpc) is 2.51. The van der Waals surface area contributed by atoms with E-state index in [9.17, 15) is 13.2 Å². The van der Waals surface area contributed by atoms with E-state index in [4.69, 9.17) is 15.4 Å². The zero-order valence-corrected chi connectivity index (χ0v) is 8.21. The van der Waals surface area contributed by atoms with Gasteiger partial charge in [-0.3, -0.25) is 0 Å². The van der Waals surface area contributed by atoms with Gasteiger partial charge in [-0.25, -0.2) is 13.2 Å². The molecule has 0 spiro atoms. The van der Waals surface area contributed by atoms with Gasteiger partial charge in [0.1, 0.15) is 11.9 Å². The number of ether oxygens (including phenoxy) is 1. The van der Waals surface area contributed by atoms with Gasteiger partial charge in [0.25, 0.3) is 0 Å². The third kappa shape index (κ3) is 1.38. The second-order valence-corrected chi connectivity index (χ2v) is 5.99. The van der Waals surface area contributed by atoms with Crippen molar-refractivity contribution in [1.29, 1.82) is 0 Å². The normalized spacial score (nSPS) is 33.3. The van der Waals surface area contributed by atoms with Crippen molar-refractivity contribution in [3.05, 3.63) is 0 Å². The van der Waals surface area contributed by atoms with Gasteiger partial charge in [0.15, 0.2) is 0 Å². The molecule has 2 fully saturated rings. The number of hydrogen-bond donors (Lipinski definition) is 0. The van der Waals surface area contributed by atoms with Crippen LogP contribution in [0.5, 0.6) is 0 Å². The first-order chi connectivity index (χ1) is 6.00. The zero-order valence-electron chi connectivity index (χ0n) is 6.64. The number of rotatable bonds is 1. The molecule has 7 heteroatoms. The SMILES string of the molecule is O=C1OCC2C(S(=O)(=O)Cl)CCN12. The summed E-state index contributed by atoms with van der Waals surface area (Å²) in [7, 11) is 1.65. The molecule has 74 valence electrons. The molecule has 0 N–H and O–H groups in total. The van der Waals surface area contributed by atoms with E-state index in [1.807, 2.05) is 0 Å². The Hall–Kier alpha value is -0.490. The molecule has 0 radical (unpaired) electrons. The summed E-state index contributed by atoms with van der Waals surface area (Å²) in [4.78, 5) is 12.4. The van der Waals surface area contributed by atoms with Crippen LogP contribution in [0.15, 0.2) is 0 Å².